The zero-order valence-corrected chi connectivity index (χ0v) is 44.5. The summed E-state index contributed by atoms with van der Waals surface area (Å²) in [5.41, 5.74) is 5.63. The first kappa shape index (κ1) is 51.7. The second-order valence-electron chi connectivity index (χ2n) is 24.0. The minimum Gasteiger partial charge on any atom is -0.506 e. The van der Waals surface area contributed by atoms with Crippen LogP contribution in [0.15, 0.2) is 17.9 Å². The predicted octanol–water partition coefficient (Wildman–Crippen LogP) is 5.02. The fourth-order valence-electron chi connectivity index (χ4n) is 14.5. The van der Waals surface area contributed by atoms with E-state index >= 15 is 0 Å². The van der Waals surface area contributed by atoms with Gasteiger partial charge in [-0.3, -0.25) is 24.0 Å². The van der Waals surface area contributed by atoms with Crippen LogP contribution in [0.25, 0.3) is 11.1 Å². The molecule has 5 N–H and O–H groups in total. The van der Waals surface area contributed by atoms with E-state index < -0.39 is 0 Å². The number of nitrogens with zero attached hydrogens (tertiary/aromatic N) is 4. The molecule has 7 aliphatic rings. The highest BCUT2D eigenvalue weighted by molar-refractivity contribution is 6.52. The van der Waals surface area contributed by atoms with Crippen molar-refractivity contribution in [1.29, 1.82) is 0 Å². The molecule has 16 nitrogen and oxygen atoms in total. The van der Waals surface area contributed by atoms with Crippen LogP contribution in [-0.4, -0.2) is 120 Å². The molecule has 0 aromatic heterocycles. The van der Waals surface area contributed by atoms with Crippen molar-refractivity contribution in [2.75, 3.05) is 69.0 Å². The number of carbonyl (C=O) groups excluding carboxylic acids is 5. The van der Waals surface area contributed by atoms with Crippen molar-refractivity contribution >= 4 is 57.6 Å². The van der Waals surface area contributed by atoms with Crippen LogP contribution in [0, 0.1) is 11.8 Å². The summed E-state index contributed by atoms with van der Waals surface area (Å²) < 4.78 is 2.37. The fraction of sp³-hybridized carbons (Fsp3) is 0.643. The summed E-state index contributed by atoms with van der Waals surface area (Å²) in [6.45, 7) is 20.5. The fourth-order valence-corrected chi connectivity index (χ4v) is 14.5. The van der Waals surface area contributed by atoms with Crippen LogP contribution in [0.2, 0.25) is 0 Å². The standard InChI is InChI=1S/C56H78N8O8/c1-53(2)29-35(30-54(3,4)63(53)71-9)51(69)57-21-19-41(65)59-45-37-17-13-25-61-23-11-15-33(47(37)61)27-39(45)43-49(67)44(50(43)68)40-28-34-16-12-24-62-26-14-18-38(48(34)62)46(40)60-42(66)20-22-58-52(70)36-31-55(5,6)64(72-10)56(7,8)32-36/h27-28,35-36H,11-26,29-32H2,1-10H3,(H4,57,58,59,60,65,66,67,68,69,70)/p+1. The van der Waals surface area contributed by atoms with E-state index in [-0.39, 0.29) is 106 Å². The summed E-state index contributed by atoms with van der Waals surface area (Å²) in [5, 5.41) is 30.4. The van der Waals surface area contributed by atoms with Gasteiger partial charge < -0.3 is 40.9 Å². The number of rotatable bonds is 13. The third-order valence-electron chi connectivity index (χ3n) is 16.6. The van der Waals surface area contributed by atoms with Gasteiger partial charge in [0, 0.05) is 113 Å². The molecule has 390 valence electrons. The predicted molar refractivity (Wildman–Crippen MR) is 279 cm³/mol. The van der Waals surface area contributed by atoms with Crippen molar-refractivity contribution < 1.29 is 38.8 Å². The summed E-state index contributed by atoms with van der Waals surface area (Å²) in [4.78, 5) is 84.1. The molecule has 4 amide bonds. The number of benzene rings is 2. The first-order valence-electron chi connectivity index (χ1n) is 26.6. The highest BCUT2D eigenvalue weighted by Gasteiger charge is 2.50. The number of amides is 4. The summed E-state index contributed by atoms with van der Waals surface area (Å²) in [7, 11) is 3.33. The molecule has 16 heteroatoms. The number of carbonyl (C=O) groups is 5. The van der Waals surface area contributed by atoms with E-state index in [1.165, 1.54) is 0 Å². The van der Waals surface area contributed by atoms with Crippen LogP contribution in [0.1, 0.15) is 147 Å². The Hall–Kier alpha value is -5.16. The van der Waals surface area contributed by atoms with Crippen molar-refractivity contribution in [2.24, 2.45) is 11.8 Å². The van der Waals surface area contributed by atoms with Gasteiger partial charge in [0.2, 0.25) is 34.8 Å². The number of anilines is 3. The van der Waals surface area contributed by atoms with E-state index in [0.717, 1.165) is 98.0 Å². The molecular formula is C56H79N8O8+. The van der Waals surface area contributed by atoms with E-state index in [4.69, 9.17) is 9.68 Å². The van der Waals surface area contributed by atoms with Gasteiger partial charge in [-0.05, 0) is 143 Å². The third kappa shape index (κ3) is 9.49. The Labute approximate surface area is 424 Å². The van der Waals surface area contributed by atoms with E-state index in [1.54, 1.807) is 14.2 Å². The first-order chi connectivity index (χ1) is 34.1. The molecule has 72 heavy (non-hydrogen) atoms. The number of aliphatic hydroxyl groups is 1. The van der Waals surface area contributed by atoms with Crippen LogP contribution in [0.5, 0.6) is 0 Å². The summed E-state index contributed by atoms with van der Waals surface area (Å²) in [6.07, 6.45) is 9.19. The van der Waals surface area contributed by atoms with E-state index in [2.05, 4.69) is 86.1 Å². The monoisotopic (exact) mass is 992 g/mol. The molecule has 0 radical (unpaired) electrons. The van der Waals surface area contributed by atoms with Crippen molar-refractivity contribution in [2.45, 2.75) is 167 Å². The Morgan fingerprint density at radius 3 is 1.67 bits per heavy atom. The Balaban J connectivity index is 0.996. The van der Waals surface area contributed by atoms with Gasteiger partial charge in [-0.25, -0.2) is 4.58 Å². The first-order valence-corrected chi connectivity index (χ1v) is 26.6. The maximum Gasteiger partial charge on any atom is 0.226 e. The van der Waals surface area contributed by atoms with Crippen LogP contribution < -0.4 is 41.3 Å². The average molecular weight is 992 g/mol. The van der Waals surface area contributed by atoms with E-state index in [9.17, 15) is 29.1 Å². The summed E-state index contributed by atoms with van der Waals surface area (Å²) in [6, 6.07) is 3.97. The van der Waals surface area contributed by atoms with Crippen LogP contribution >= 0.6 is 0 Å². The normalized spacial score (nSPS) is 23.2. The smallest absolute Gasteiger partial charge is 0.226 e. The van der Waals surface area contributed by atoms with Gasteiger partial charge in [0.05, 0.1) is 36.7 Å². The highest BCUT2D eigenvalue weighted by atomic mass is 16.7. The molecule has 0 bridgehead atoms. The van der Waals surface area contributed by atoms with Crippen molar-refractivity contribution in [1.82, 2.24) is 25.3 Å². The third-order valence-corrected chi connectivity index (χ3v) is 16.6. The van der Waals surface area contributed by atoms with Gasteiger partial charge in [0.25, 0.3) is 0 Å². The molecule has 0 spiro atoms. The highest BCUT2D eigenvalue weighted by Crippen LogP contribution is 2.48. The lowest BCUT2D eigenvalue weighted by Crippen LogP contribution is -2.61. The Kier molecular flexibility index (Phi) is 14.1. The largest absolute Gasteiger partial charge is 0.506 e. The van der Waals surface area contributed by atoms with Crippen LogP contribution in [0.4, 0.5) is 17.1 Å². The van der Waals surface area contributed by atoms with Gasteiger partial charge in [-0.15, -0.1) is 0 Å². The van der Waals surface area contributed by atoms with Crippen LogP contribution in [0.3, 0.4) is 0 Å². The SMILES string of the molecule is CON1C(C)(C)CC(C(=O)NCCC(=O)Nc2c(C3=C(O)/C(=c4/cc5c6c(c4NC(=O)CCNC(=O)C4CC(C)(C)N(OC)C(C)(C)C4)CCC[N+]=6CCC5)C3=O)cc3c4c2CCCN4CCC3)CC1(C)C. The number of ketones is 1. The number of piperidine rings is 2. The average Bonchev–Trinajstić information content (AvgIpc) is 3.30. The summed E-state index contributed by atoms with van der Waals surface area (Å²) in [5.74, 6) is -1.77. The molecule has 1 aliphatic carbocycles. The van der Waals surface area contributed by atoms with Gasteiger partial charge in [0.1, 0.15) is 18.8 Å². The molecule has 2 aromatic carbocycles. The number of hydrogen-bond donors (Lipinski definition) is 5. The minimum atomic E-state index is -0.364. The lowest BCUT2D eigenvalue weighted by molar-refractivity contribution is -0.270. The van der Waals surface area contributed by atoms with Crippen molar-refractivity contribution in [3.05, 3.63) is 56.3 Å². The number of hydroxylamine groups is 4. The second-order valence-corrected chi connectivity index (χ2v) is 24.0. The molecule has 6 aliphatic heterocycles. The molecule has 9 rings (SSSR count). The topological polar surface area (TPSA) is 185 Å². The summed E-state index contributed by atoms with van der Waals surface area (Å²) >= 11 is 0. The molecule has 0 atom stereocenters. The molecule has 2 aromatic rings. The Bertz CT molecular complexity index is 2710. The van der Waals surface area contributed by atoms with Gasteiger partial charge in [-0.1, -0.05) is 0 Å². The molecule has 0 unspecified atom stereocenters. The van der Waals surface area contributed by atoms with Crippen molar-refractivity contribution in [3.63, 3.8) is 0 Å². The van der Waals surface area contributed by atoms with Crippen LogP contribution in [-0.2, 0) is 59.3 Å². The second kappa shape index (κ2) is 19.6. The maximum atomic E-state index is 15.0. The Morgan fingerprint density at radius 2 is 1.14 bits per heavy atom. The van der Waals surface area contributed by atoms with E-state index in [0.29, 0.717) is 60.7 Å². The van der Waals surface area contributed by atoms with Gasteiger partial charge in [-0.2, -0.15) is 10.1 Å². The Morgan fingerprint density at radius 1 is 0.653 bits per heavy atom. The number of nitrogens with one attached hydrogen (secondary N) is 4. The zero-order chi connectivity index (χ0) is 51.7. The molecular weight excluding hydrogens is 913 g/mol. The number of hydrogen-bond acceptors (Lipinski definition) is 11. The number of aliphatic hydroxyl groups excluding tert-OH is 1. The lowest BCUT2D eigenvalue weighted by Gasteiger charge is -2.52. The van der Waals surface area contributed by atoms with Gasteiger partial charge in [0.15, 0.2) is 0 Å². The van der Waals surface area contributed by atoms with Crippen molar-refractivity contribution in [3.8, 4) is 0 Å². The molecule has 2 saturated heterocycles. The minimum absolute atomic E-state index is 0.0250. The lowest BCUT2D eigenvalue weighted by atomic mass is 9.75. The number of Topliss-reactive ketones (excluding diaryl/α,β-unsaturated/α-hetero) is 1. The van der Waals surface area contributed by atoms with E-state index in [1.807, 2.05) is 22.3 Å². The maximum absolute atomic E-state index is 15.0. The zero-order valence-electron chi connectivity index (χ0n) is 44.5. The number of aryl methyl sites for hydroxylation is 2. The molecule has 0 saturated carbocycles. The molecule has 2 fully saturated rings. The quantitative estimate of drug-likeness (QED) is 0.170. The molecule has 6 heterocycles. The van der Waals surface area contributed by atoms with Gasteiger partial charge >= 0.3 is 0 Å². The number of allylic oxidation sites excluding steroid dienone is 2.